The van der Waals surface area contributed by atoms with Crippen LogP contribution in [-0.4, -0.2) is 11.9 Å². The van der Waals surface area contributed by atoms with Crippen molar-refractivity contribution >= 4 is 11.9 Å². The van der Waals surface area contributed by atoms with E-state index in [0.29, 0.717) is 17.9 Å². The predicted octanol–water partition coefficient (Wildman–Crippen LogP) is 1.33. The standard InChI is InChI=1S/C14H15N3O2/c15-14(16)17-11-8-6-10(7-9-11)13(18)19-12-4-2-1-3-5-12/h1-6,8-10H,7H2,(H4,15,16,17). The monoisotopic (exact) mass is 257 g/mol. The number of nitrogens with zero attached hydrogens (tertiary/aromatic N) is 1. The molecule has 4 N–H and O–H groups in total. The van der Waals surface area contributed by atoms with E-state index < -0.39 is 0 Å². The summed E-state index contributed by atoms with van der Waals surface area (Å²) in [5.74, 6) is -0.0540. The Labute approximate surface area is 111 Å². The number of rotatable bonds is 3. The number of aliphatic imine (C=N–C) groups is 1. The van der Waals surface area contributed by atoms with Crippen LogP contribution in [0.15, 0.2) is 59.2 Å². The third-order valence-electron chi connectivity index (χ3n) is 2.60. The molecule has 1 unspecified atom stereocenters. The molecule has 0 radical (unpaired) electrons. The average Bonchev–Trinajstić information content (AvgIpc) is 2.40. The smallest absolute Gasteiger partial charge is 0.318 e. The van der Waals surface area contributed by atoms with Crippen LogP contribution in [0.1, 0.15) is 6.42 Å². The van der Waals surface area contributed by atoms with E-state index in [1.807, 2.05) is 18.2 Å². The quantitative estimate of drug-likeness (QED) is 0.370. The van der Waals surface area contributed by atoms with Gasteiger partial charge in [-0.2, -0.15) is 0 Å². The van der Waals surface area contributed by atoms with E-state index >= 15 is 0 Å². The molecule has 1 atom stereocenters. The number of ether oxygens (including phenoxy) is 1. The minimum Gasteiger partial charge on any atom is -0.426 e. The van der Waals surface area contributed by atoms with E-state index in [-0.39, 0.29) is 17.8 Å². The Morgan fingerprint density at radius 2 is 2.00 bits per heavy atom. The van der Waals surface area contributed by atoms with Gasteiger partial charge in [-0.3, -0.25) is 4.79 Å². The largest absolute Gasteiger partial charge is 0.426 e. The summed E-state index contributed by atoms with van der Waals surface area (Å²) in [5.41, 5.74) is 11.2. The summed E-state index contributed by atoms with van der Waals surface area (Å²) < 4.78 is 5.27. The summed E-state index contributed by atoms with van der Waals surface area (Å²) in [6.45, 7) is 0. The second-order valence-corrected chi connectivity index (χ2v) is 4.10. The van der Waals surface area contributed by atoms with E-state index in [0.717, 1.165) is 0 Å². The Bertz CT molecular complexity index is 543. The molecule has 0 saturated heterocycles. The summed E-state index contributed by atoms with van der Waals surface area (Å²) in [7, 11) is 0. The molecule has 0 saturated carbocycles. The highest BCUT2D eigenvalue weighted by atomic mass is 16.5. The molecular weight excluding hydrogens is 242 g/mol. The lowest BCUT2D eigenvalue weighted by molar-refractivity contribution is -0.137. The summed E-state index contributed by atoms with van der Waals surface area (Å²) in [6, 6.07) is 8.98. The zero-order chi connectivity index (χ0) is 13.7. The van der Waals surface area contributed by atoms with Gasteiger partial charge in [0.25, 0.3) is 0 Å². The molecule has 0 aromatic heterocycles. The summed E-state index contributed by atoms with van der Waals surface area (Å²) in [4.78, 5) is 15.8. The van der Waals surface area contributed by atoms with Crippen LogP contribution in [0.25, 0.3) is 0 Å². The molecular formula is C14H15N3O2. The van der Waals surface area contributed by atoms with Crippen LogP contribution in [-0.2, 0) is 4.79 Å². The lowest BCUT2D eigenvalue weighted by atomic mass is 10.00. The Morgan fingerprint density at radius 1 is 1.26 bits per heavy atom. The third-order valence-corrected chi connectivity index (χ3v) is 2.60. The number of hydrogen-bond donors (Lipinski definition) is 2. The topological polar surface area (TPSA) is 90.7 Å². The fourth-order valence-electron chi connectivity index (χ4n) is 1.70. The molecule has 1 aliphatic rings. The SMILES string of the molecule is NC(N)=NC1=CCC(C(=O)Oc2ccccc2)C=C1. The Balaban J connectivity index is 1.95. The van der Waals surface area contributed by atoms with Gasteiger partial charge in [0.1, 0.15) is 5.75 Å². The average molecular weight is 257 g/mol. The number of hydrogen-bond acceptors (Lipinski definition) is 3. The Kier molecular flexibility index (Phi) is 3.97. The zero-order valence-electron chi connectivity index (χ0n) is 10.3. The van der Waals surface area contributed by atoms with Gasteiger partial charge in [0.2, 0.25) is 0 Å². The molecule has 98 valence electrons. The number of carbonyl (C=O) groups is 1. The lowest BCUT2D eigenvalue weighted by Crippen LogP contribution is -2.23. The van der Waals surface area contributed by atoms with Crippen LogP contribution in [0, 0.1) is 5.92 Å². The minimum atomic E-state index is -0.307. The molecule has 1 aromatic carbocycles. The van der Waals surface area contributed by atoms with Crippen LogP contribution < -0.4 is 16.2 Å². The van der Waals surface area contributed by atoms with Crippen molar-refractivity contribution in [3.05, 3.63) is 54.3 Å². The number of esters is 1. The second-order valence-electron chi connectivity index (χ2n) is 4.10. The number of carbonyl (C=O) groups excluding carboxylic acids is 1. The van der Waals surface area contributed by atoms with Crippen molar-refractivity contribution in [2.45, 2.75) is 6.42 Å². The fraction of sp³-hybridized carbons (Fsp3) is 0.143. The van der Waals surface area contributed by atoms with Crippen molar-refractivity contribution in [1.82, 2.24) is 0 Å². The van der Waals surface area contributed by atoms with Crippen LogP contribution >= 0.6 is 0 Å². The van der Waals surface area contributed by atoms with Crippen molar-refractivity contribution in [3.8, 4) is 5.75 Å². The minimum absolute atomic E-state index is 0.00112. The molecule has 5 heteroatoms. The Hall–Kier alpha value is -2.56. The maximum absolute atomic E-state index is 11.9. The highest BCUT2D eigenvalue weighted by Gasteiger charge is 2.19. The molecule has 1 aliphatic carbocycles. The molecule has 0 bridgehead atoms. The van der Waals surface area contributed by atoms with Gasteiger partial charge in [-0.1, -0.05) is 30.4 Å². The number of allylic oxidation sites excluding steroid dienone is 2. The maximum Gasteiger partial charge on any atom is 0.318 e. The van der Waals surface area contributed by atoms with Gasteiger partial charge in [-0.25, -0.2) is 4.99 Å². The summed E-state index contributed by atoms with van der Waals surface area (Å²) in [6.07, 6.45) is 5.78. The number of para-hydroxylation sites is 1. The highest BCUT2D eigenvalue weighted by Crippen LogP contribution is 2.20. The van der Waals surface area contributed by atoms with E-state index in [1.165, 1.54) is 0 Å². The van der Waals surface area contributed by atoms with Gasteiger partial charge < -0.3 is 16.2 Å². The van der Waals surface area contributed by atoms with Gasteiger partial charge in [0, 0.05) is 0 Å². The molecule has 0 spiro atoms. The first-order valence-electron chi connectivity index (χ1n) is 5.90. The lowest BCUT2D eigenvalue weighted by Gasteiger charge is -2.13. The normalized spacial score (nSPS) is 17.5. The molecule has 19 heavy (non-hydrogen) atoms. The fourth-order valence-corrected chi connectivity index (χ4v) is 1.70. The van der Waals surface area contributed by atoms with Crippen LogP contribution in [0.3, 0.4) is 0 Å². The molecule has 1 aromatic rings. The number of benzene rings is 1. The van der Waals surface area contributed by atoms with E-state index in [9.17, 15) is 4.79 Å². The zero-order valence-corrected chi connectivity index (χ0v) is 10.3. The molecule has 2 rings (SSSR count). The van der Waals surface area contributed by atoms with E-state index in [4.69, 9.17) is 16.2 Å². The first-order valence-corrected chi connectivity index (χ1v) is 5.90. The van der Waals surface area contributed by atoms with E-state index in [1.54, 1.807) is 30.4 Å². The first kappa shape index (κ1) is 12.9. The van der Waals surface area contributed by atoms with Gasteiger partial charge >= 0.3 is 5.97 Å². The highest BCUT2D eigenvalue weighted by molar-refractivity contribution is 5.79. The molecule has 5 nitrogen and oxygen atoms in total. The van der Waals surface area contributed by atoms with Gasteiger partial charge in [-0.15, -0.1) is 0 Å². The second kappa shape index (κ2) is 5.86. The van der Waals surface area contributed by atoms with Gasteiger partial charge in [0.05, 0.1) is 11.6 Å². The van der Waals surface area contributed by atoms with Gasteiger partial charge in [-0.05, 0) is 24.6 Å². The summed E-state index contributed by atoms with van der Waals surface area (Å²) >= 11 is 0. The molecule has 0 amide bonds. The first-order chi connectivity index (χ1) is 9.15. The van der Waals surface area contributed by atoms with Crippen LogP contribution in [0.4, 0.5) is 0 Å². The van der Waals surface area contributed by atoms with Crippen molar-refractivity contribution < 1.29 is 9.53 Å². The van der Waals surface area contributed by atoms with Crippen molar-refractivity contribution in [3.63, 3.8) is 0 Å². The Morgan fingerprint density at radius 3 is 2.58 bits per heavy atom. The maximum atomic E-state index is 11.9. The predicted molar refractivity (Wildman–Crippen MR) is 73.2 cm³/mol. The van der Waals surface area contributed by atoms with E-state index in [2.05, 4.69) is 4.99 Å². The van der Waals surface area contributed by atoms with Crippen molar-refractivity contribution in [2.24, 2.45) is 22.4 Å². The van der Waals surface area contributed by atoms with Gasteiger partial charge in [0.15, 0.2) is 5.96 Å². The number of guanidine groups is 1. The van der Waals surface area contributed by atoms with Crippen molar-refractivity contribution in [2.75, 3.05) is 0 Å². The third kappa shape index (κ3) is 3.70. The van der Waals surface area contributed by atoms with Crippen LogP contribution in [0.5, 0.6) is 5.75 Å². The van der Waals surface area contributed by atoms with Crippen LogP contribution in [0.2, 0.25) is 0 Å². The molecule has 0 aliphatic heterocycles. The summed E-state index contributed by atoms with van der Waals surface area (Å²) in [5, 5.41) is 0. The van der Waals surface area contributed by atoms with Crippen molar-refractivity contribution in [1.29, 1.82) is 0 Å². The molecule has 0 fully saturated rings. The molecule has 0 heterocycles. The number of nitrogens with two attached hydrogens (primary N) is 2.